The van der Waals surface area contributed by atoms with Crippen LogP contribution in [-0.2, 0) is 0 Å². The summed E-state index contributed by atoms with van der Waals surface area (Å²) < 4.78 is 15.1. The molecule has 2 N–H and O–H groups in total. The standard InChI is InChI=1S/C23H30FN3O2/c1-23(2,29)17-8-10-18(11-9-17)26-22(28)27-13-16(14-27)20(24)19-7-3-5-15-6-4-12-25-21(15)19/h3-7,12,16-18,20,29H,8-11,13-14H2,1-2H3,(H,26,28)/t17-,18-,20?. The van der Waals surface area contributed by atoms with Crippen molar-refractivity contribution in [3.05, 3.63) is 42.1 Å². The van der Waals surface area contributed by atoms with Crippen molar-refractivity contribution in [3.8, 4) is 0 Å². The van der Waals surface area contributed by atoms with Gasteiger partial charge in [0.15, 0.2) is 0 Å². The normalized spacial score (nSPS) is 24.2. The molecule has 0 spiro atoms. The minimum atomic E-state index is -1.13. The van der Waals surface area contributed by atoms with Crippen molar-refractivity contribution in [1.82, 2.24) is 15.2 Å². The second-order valence-corrected chi connectivity index (χ2v) is 9.14. The predicted molar refractivity (Wildman–Crippen MR) is 111 cm³/mol. The third-order valence-electron chi connectivity index (χ3n) is 6.63. The number of nitrogens with zero attached hydrogens (tertiary/aromatic N) is 2. The summed E-state index contributed by atoms with van der Waals surface area (Å²) in [5.74, 6) is 0.0879. The van der Waals surface area contributed by atoms with Gasteiger partial charge < -0.3 is 15.3 Å². The molecule has 0 bridgehead atoms. The number of benzene rings is 1. The van der Waals surface area contributed by atoms with Crippen molar-refractivity contribution < 1.29 is 14.3 Å². The molecular formula is C23H30FN3O2. The number of aliphatic hydroxyl groups is 1. The van der Waals surface area contributed by atoms with Gasteiger partial charge in [-0.05, 0) is 51.5 Å². The van der Waals surface area contributed by atoms with Gasteiger partial charge in [-0.25, -0.2) is 9.18 Å². The van der Waals surface area contributed by atoms with Crippen LogP contribution in [0.15, 0.2) is 36.5 Å². The second kappa shape index (κ2) is 7.90. The molecule has 5 nitrogen and oxygen atoms in total. The van der Waals surface area contributed by atoms with E-state index in [1.807, 2.05) is 38.1 Å². The van der Waals surface area contributed by atoms with Crippen molar-refractivity contribution >= 4 is 16.9 Å². The number of amides is 2. The lowest BCUT2D eigenvalue weighted by atomic mass is 9.77. The first kappa shape index (κ1) is 20.1. The number of urea groups is 1. The highest BCUT2D eigenvalue weighted by Crippen LogP contribution is 2.36. The number of nitrogens with one attached hydrogen (secondary N) is 1. The van der Waals surface area contributed by atoms with Crippen molar-refractivity contribution in [2.24, 2.45) is 11.8 Å². The Morgan fingerprint density at radius 3 is 2.59 bits per heavy atom. The first-order valence-electron chi connectivity index (χ1n) is 10.6. The average Bonchev–Trinajstić information content (AvgIpc) is 2.66. The van der Waals surface area contributed by atoms with Crippen LogP contribution in [-0.4, -0.2) is 45.8 Å². The lowest BCUT2D eigenvalue weighted by Gasteiger charge is -2.42. The van der Waals surface area contributed by atoms with Gasteiger partial charge in [0.25, 0.3) is 0 Å². The van der Waals surface area contributed by atoms with Gasteiger partial charge in [-0.2, -0.15) is 0 Å². The molecule has 1 aromatic carbocycles. The Bertz CT molecular complexity index is 863. The van der Waals surface area contributed by atoms with Crippen LogP contribution in [0.5, 0.6) is 0 Å². The van der Waals surface area contributed by atoms with E-state index in [1.165, 1.54) is 0 Å². The van der Waals surface area contributed by atoms with Crippen LogP contribution in [0.2, 0.25) is 0 Å². The molecule has 2 aliphatic rings. The fourth-order valence-corrected chi connectivity index (χ4v) is 4.68. The Morgan fingerprint density at radius 2 is 1.90 bits per heavy atom. The number of fused-ring (bicyclic) bond motifs is 1. The highest BCUT2D eigenvalue weighted by atomic mass is 19.1. The van der Waals surface area contributed by atoms with E-state index in [0.717, 1.165) is 31.1 Å². The zero-order valence-electron chi connectivity index (χ0n) is 17.1. The quantitative estimate of drug-likeness (QED) is 0.809. The number of hydrogen-bond acceptors (Lipinski definition) is 3. The fraction of sp³-hybridized carbons (Fsp3) is 0.565. The summed E-state index contributed by atoms with van der Waals surface area (Å²) in [6, 6.07) is 9.42. The molecule has 29 heavy (non-hydrogen) atoms. The van der Waals surface area contributed by atoms with Crippen LogP contribution in [0, 0.1) is 11.8 Å². The molecule has 1 saturated carbocycles. The zero-order chi connectivity index (χ0) is 20.6. The number of rotatable bonds is 4. The molecule has 1 aliphatic heterocycles. The van der Waals surface area contributed by atoms with E-state index in [4.69, 9.17) is 0 Å². The first-order valence-corrected chi connectivity index (χ1v) is 10.6. The Balaban J connectivity index is 1.29. The van der Waals surface area contributed by atoms with E-state index < -0.39 is 11.8 Å². The molecule has 2 aromatic rings. The molecule has 156 valence electrons. The minimum Gasteiger partial charge on any atom is -0.390 e. The summed E-state index contributed by atoms with van der Waals surface area (Å²) in [5.41, 5.74) is 0.652. The van der Waals surface area contributed by atoms with Crippen LogP contribution in [0.3, 0.4) is 0 Å². The molecule has 2 heterocycles. The number of alkyl halides is 1. The van der Waals surface area contributed by atoms with Crippen LogP contribution >= 0.6 is 0 Å². The van der Waals surface area contributed by atoms with E-state index in [-0.39, 0.29) is 23.9 Å². The van der Waals surface area contributed by atoms with Crippen molar-refractivity contribution in [3.63, 3.8) is 0 Å². The summed E-state index contributed by atoms with van der Waals surface area (Å²) >= 11 is 0. The lowest BCUT2D eigenvalue weighted by molar-refractivity contribution is -0.00297. The maximum atomic E-state index is 15.1. The topological polar surface area (TPSA) is 65.5 Å². The van der Waals surface area contributed by atoms with Gasteiger partial charge in [0, 0.05) is 42.2 Å². The third kappa shape index (κ3) is 4.22. The number of likely N-dealkylation sites (tertiary alicyclic amines) is 1. The summed E-state index contributed by atoms with van der Waals surface area (Å²) in [6.45, 7) is 4.57. The Labute approximate surface area is 171 Å². The van der Waals surface area contributed by atoms with Gasteiger partial charge >= 0.3 is 6.03 Å². The van der Waals surface area contributed by atoms with E-state index in [1.54, 1.807) is 17.2 Å². The highest BCUT2D eigenvalue weighted by molar-refractivity contribution is 5.82. The summed E-state index contributed by atoms with van der Waals surface area (Å²) in [7, 11) is 0. The Morgan fingerprint density at radius 1 is 1.21 bits per heavy atom. The smallest absolute Gasteiger partial charge is 0.317 e. The maximum absolute atomic E-state index is 15.1. The van der Waals surface area contributed by atoms with E-state index in [0.29, 0.717) is 24.2 Å². The maximum Gasteiger partial charge on any atom is 0.317 e. The molecule has 4 rings (SSSR count). The molecular weight excluding hydrogens is 369 g/mol. The van der Waals surface area contributed by atoms with Crippen LogP contribution in [0.4, 0.5) is 9.18 Å². The first-order chi connectivity index (χ1) is 13.8. The monoisotopic (exact) mass is 399 g/mol. The van der Waals surface area contributed by atoms with E-state index in [2.05, 4.69) is 10.3 Å². The molecule has 1 aromatic heterocycles. The number of carbonyl (C=O) groups excluding carboxylic acids is 1. The average molecular weight is 400 g/mol. The molecule has 2 fully saturated rings. The largest absolute Gasteiger partial charge is 0.390 e. The van der Waals surface area contributed by atoms with Gasteiger partial charge in [0.1, 0.15) is 6.17 Å². The number of para-hydroxylation sites is 1. The van der Waals surface area contributed by atoms with Crippen molar-refractivity contribution in [2.45, 2.75) is 57.3 Å². The second-order valence-electron chi connectivity index (χ2n) is 9.14. The fourth-order valence-electron chi connectivity index (χ4n) is 4.68. The highest BCUT2D eigenvalue weighted by Gasteiger charge is 2.39. The van der Waals surface area contributed by atoms with Crippen molar-refractivity contribution in [2.75, 3.05) is 13.1 Å². The summed E-state index contributed by atoms with van der Waals surface area (Å²) in [4.78, 5) is 18.6. The SMILES string of the molecule is CC(C)(O)[C@H]1CC[C@H](NC(=O)N2CC(C(F)c3cccc4cccnc34)C2)CC1. The van der Waals surface area contributed by atoms with Gasteiger partial charge in [0.05, 0.1) is 11.1 Å². The van der Waals surface area contributed by atoms with Crippen molar-refractivity contribution in [1.29, 1.82) is 0 Å². The Hall–Kier alpha value is -2.21. The predicted octanol–water partition coefficient (Wildman–Crippen LogP) is 4.22. The van der Waals surface area contributed by atoms with Crippen LogP contribution in [0.25, 0.3) is 10.9 Å². The molecule has 1 saturated heterocycles. The van der Waals surface area contributed by atoms with Crippen LogP contribution in [0.1, 0.15) is 51.3 Å². The minimum absolute atomic E-state index is 0.101. The lowest BCUT2D eigenvalue weighted by Crippen LogP contribution is -2.57. The van der Waals surface area contributed by atoms with Gasteiger partial charge in [-0.3, -0.25) is 4.98 Å². The van der Waals surface area contributed by atoms with E-state index >= 15 is 4.39 Å². The molecule has 1 aliphatic carbocycles. The molecule has 0 radical (unpaired) electrons. The molecule has 2 amide bonds. The molecule has 1 atom stereocenters. The summed E-state index contributed by atoms with van der Waals surface area (Å²) in [5, 5.41) is 14.2. The number of carbonyl (C=O) groups is 1. The van der Waals surface area contributed by atoms with Gasteiger partial charge in [-0.1, -0.05) is 24.3 Å². The molecule has 1 unspecified atom stereocenters. The third-order valence-corrected chi connectivity index (χ3v) is 6.63. The Kier molecular flexibility index (Phi) is 5.47. The van der Waals surface area contributed by atoms with Crippen LogP contribution < -0.4 is 5.32 Å². The molecule has 6 heteroatoms. The number of aromatic nitrogens is 1. The van der Waals surface area contributed by atoms with E-state index in [9.17, 15) is 9.90 Å². The van der Waals surface area contributed by atoms with Gasteiger partial charge in [-0.15, -0.1) is 0 Å². The zero-order valence-corrected chi connectivity index (χ0v) is 17.1. The number of halogens is 1. The summed E-state index contributed by atoms with van der Waals surface area (Å²) in [6.07, 6.45) is 4.15. The number of pyridine rings is 1. The van der Waals surface area contributed by atoms with Gasteiger partial charge in [0.2, 0.25) is 0 Å². The number of hydrogen-bond donors (Lipinski definition) is 2.